The maximum atomic E-state index is 11.1. The van der Waals surface area contributed by atoms with Crippen LogP contribution in [0.4, 0.5) is 0 Å². The highest BCUT2D eigenvalue weighted by Gasteiger charge is 2.30. The molecule has 4 nitrogen and oxygen atoms in total. The number of hydrogen-bond acceptors (Lipinski definition) is 3. The van der Waals surface area contributed by atoms with Gasteiger partial charge in [0.05, 0.1) is 0 Å². The van der Waals surface area contributed by atoms with Gasteiger partial charge in [-0.1, -0.05) is 19.8 Å². The van der Waals surface area contributed by atoms with E-state index in [2.05, 4.69) is 10.7 Å². The zero-order chi connectivity index (χ0) is 10.4. The van der Waals surface area contributed by atoms with Crippen LogP contribution in [0.25, 0.3) is 0 Å². The minimum atomic E-state index is -1.18. The van der Waals surface area contributed by atoms with Crippen molar-refractivity contribution in [2.24, 2.45) is 11.8 Å². The predicted molar refractivity (Wildman–Crippen MR) is 45.8 cm³/mol. The van der Waals surface area contributed by atoms with E-state index < -0.39 is 17.9 Å². The zero-order valence-corrected chi connectivity index (χ0v) is 7.61. The van der Waals surface area contributed by atoms with Gasteiger partial charge in [0.15, 0.2) is 12.5 Å². The van der Waals surface area contributed by atoms with Crippen molar-refractivity contribution in [3.8, 4) is 12.3 Å². The van der Waals surface area contributed by atoms with Gasteiger partial charge in [-0.2, -0.15) is 0 Å². The summed E-state index contributed by atoms with van der Waals surface area (Å²) in [6.45, 7) is 3.08. The van der Waals surface area contributed by atoms with Crippen molar-refractivity contribution < 1.29 is 19.4 Å². The molecule has 0 bridgehead atoms. The first-order valence-corrected chi connectivity index (χ1v) is 3.83. The number of hydrogen-bond donors (Lipinski definition) is 1. The molecule has 0 saturated carbocycles. The number of terminal acetylenes is 1. The van der Waals surface area contributed by atoms with Crippen LogP contribution in [0.2, 0.25) is 0 Å². The summed E-state index contributed by atoms with van der Waals surface area (Å²) in [5.74, 6) is -1.30. The van der Waals surface area contributed by atoms with Crippen molar-refractivity contribution in [3.05, 3.63) is 0 Å². The fourth-order valence-electron chi connectivity index (χ4n) is 0.861. The number of carbonyl (C=O) groups is 2. The first kappa shape index (κ1) is 11.5. The third-order valence-corrected chi connectivity index (χ3v) is 1.48. The quantitative estimate of drug-likeness (QED) is 0.393. The van der Waals surface area contributed by atoms with Crippen LogP contribution in [0.3, 0.4) is 0 Å². The average Bonchev–Trinajstić information content (AvgIpc) is 1.99. The highest BCUT2D eigenvalue weighted by atomic mass is 16.5. The van der Waals surface area contributed by atoms with Crippen molar-refractivity contribution >= 4 is 11.9 Å². The van der Waals surface area contributed by atoms with E-state index in [0.717, 1.165) is 0 Å². The van der Waals surface area contributed by atoms with Crippen LogP contribution in [-0.4, -0.2) is 23.7 Å². The van der Waals surface area contributed by atoms with Gasteiger partial charge < -0.3 is 9.84 Å². The first-order chi connectivity index (χ1) is 6.00. The van der Waals surface area contributed by atoms with Gasteiger partial charge in [0.1, 0.15) is 0 Å². The van der Waals surface area contributed by atoms with Crippen LogP contribution in [0, 0.1) is 24.2 Å². The van der Waals surface area contributed by atoms with E-state index in [0.29, 0.717) is 0 Å². The second-order valence-electron chi connectivity index (χ2n) is 2.87. The van der Waals surface area contributed by atoms with E-state index in [1.165, 1.54) is 0 Å². The van der Waals surface area contributed by atoms with Gasteiger partial charge >= 0.3 is 11.9 Å². The smallest absolute Gasteiger partial charge is 0.321 e. The largest absolute Gasteiger partial charge is 0.481 e. The molecule has 0 fully saturated rings. The molecule has 0 amide bonds. The zero-order valence-electron chi connectivity index (χ0n) is 7.61. The fraction of sp³-hybridized carbons (Fsp3) is 0.556. The number of carboxylic acids is 1. The lowest BCUT2D eigenvalue weighted by Crippen LogP contribution is -2.30. The second-order valence-corrected chi connectivity index (χ2v) is 2.87. The molecule has 0 aromatic rings. The lowest BCUT2D eigenvalue weighted by Gasteiger charge is -2.13. The Kier molecular flexibility index (Phi) is 4.60. The number of ether oxygens (including phenoxy) is 1. The molecule has 0 radical (unpaired) electrons. The molecule has 1 N–H and O–H groups in total. The highest BCUT2D eigenvalue weighted by Crippen LogP contribution is 2.12. The summed E-state index contributed by atoms with van der Waals surface area (Å²) in [7, 11) is 0. The summed E-state index contributed by atoms with van der Waals surface area (Å²) >= 11 is 0. The number of carbonyl (C=O) groups excluding carboxylic acids is 1. The molecule has 1 unspecified atom stereocenters. The van der Waals surface area contributed by atoms with E-state index >= 15 is 0 Å². The molecule has 4 heteroatoms. The Morgan fingerprint density at radius 3 is 2.38 bits per heavy atom. The van der Waals surface area contributed by atoms with Crippen LogP contribution >= 0.6 is 0 Å². The minimum Gasteiger partial charge on any atom is -0.481 e. The SMILES string of the molecule is C#CCOC(=O)C(C(=O)O)C(C)C. The third-order valence-electron chi connectivity index (χ3n) is 1.48. The highest BCUT2D eigenvalue weighted by molar-refractivity contribution is 5.94. The van der Waals surface area contributed by atoms with E-state index in [1.54, 1.807) is 13.8 Å². The second kappa shape index (κ2) is 5.20. The lowest BCUT2D eigenvalue weighted by atomic mass is 9.96. The van der Waals surface area contributed by atoms with E-state index in [9.17, 15) is 9.59 Å². The van der Waals surface area contributed by atoms with E-state index in [-0.39, 0.29) is 12.5 Å². The summed E-state index contributed by atoms with van der Waals surface area (Å²) in [6.07, 6.45) is 4.85. The van der Waals surface area contributed by atoms with Crippen LogP contribution in [0.1, 0.15) is 13.8 Å². The fourth-order valence-corrected chi connectivity index (χ4v) is 0.861. The van der Waals surface area contributed by atoms with Gasteiger partial charge in [-0.25, -0.2) is 0 Å². The number of carboxylic acid groups (broad SMARTS) is 1. The van der Waals surface area contributed by atoms with Gasteiger partial charge in [0.25, 0.3) is 0 Å². The standard InChI is InChI=1S/C9H12O4/c1-4-5-13-9(12)7(6(2)3)8(10)11/h1,6-7H,5H2,2-3H3,(H,10,11). The Balaban J connectivity index is 4.31. The van der Waals surface area contributed by atoms with Crippen molar-refractivity contribution in [1.82, 2.24) is 0 Å². The Morgan fingerprint density at radius 1 is 1.54 bits per heavy atom. The molecular formula is C9H12O4. The monoisotopic (exact) mass is 184 g/mol. The summed E-state index contributed by atoms with van der Waals surface area (Å²) in [5, 5.41) is 8.66. The van der Waals surface area contributed by atoms with Crippen molar-refractivity contribution in [1.29, 1.82) is 0 Å². The molecule has 0 aliphatic carbocycles. The van der Waals surface area contributed by atoms with Gasteiger partial charge in [0, 0.05) is 0 Å². The number of aliphatic carboxylic acids is 1. The van der Waals surface area contributed by atoms with Crippen molar-refractivity contribution in [3.63, 3.8) is 0 Å². The third kappa shape index (κ3) is 3.61. The molecule has 0 saturated heterocycles. The molecule has 0 aromatic carbocycles. The lowest BCUT2D eigenvalue weighted by molar-refractivity contribution is -0.159. The van der Waals surface area contributed by atoms with Crippen LogP contribution in [0.15, 0.2) is 0 Å². The molecule has 1 atom stereocenters. The maximum Gasteiger partial charge on any atom is 0.321 e. The summed E-state index contributed by atoms with van der Waals surface area (Å²) in [5.41, 5.74) is 0. The Bertz CT molecular complexity index is 236. The molecule has 0 heterocycles. The van der Waals surface area contributed by atoms with Gasteiger partial charge in [-0.3, -0.25) is 9.59 Å². The van der Waals surface area contributed by atoms with Gasteiger partial charge in [-0.05, 0) is 5.92 Å². The summed E-state index contributed by atoms with van der Waals surface area (Å²) in [4.78, 5) is 21.7. The van der Waals surface area contributed by atoms with Gasteiger partial charge in [0.2, 0.25) is 0 Å². The molecular weight excluding hydrogens is 172 g/mol. The Morgan fingerprint density at radius 2 is 2.08 bits per heavy atom. The Labute approximate surface area is 76.9 Å². The topological polar surface area (TPSA) is 63.6 Å². The number of rotatable bonds is 4. The first-order valence-electron chi connectivity index (χ1n) is 3.83. The minimum absolute atomic E-state index is 0.185. The van der Waals surface area contributed by atoms with Crippen LogP contribution in [0.5, 0.6) is 0 Å². The van der Waals surface area contributed by atoms with E-state index in [1.807, 2.05) is 0 Å². The average molecular weight is 184 g/mol. The Hall–Kier alpha value is -1.50. The predicted octanol–water partition coefficient (Wildman–Crippen LogP) is 0.520. The molecule has 13 heavy (non-hydrogen) atoms. The van der Waals surface area contributed by atoms with Crippen molar-refractivity contribution in [2.75, 3.05) is 6.61 Å². The molecule has 0 aromatic heterocycles. The molecule has 0 rings (SSSR count). The van der Waals surface area contributed by atoms with Crippen LogP contribution < -0.4 is 0 Å². The normalized spacial score (nSPS) is 11.8. The maximum absolute atomic E-state index is 11.1. The van der Waals surface area contributed by atoms with Gasteiger partial charge in [-0.15, -0.1) is 6.42 Å². The molecule has 0 spiro atoms. The van der Waals surface area contributed by atoms with E-state index in [4.69, 9.17) is 11.5 Å². The van der Waals surface area contributed by atoms with Crippen molar-refractivity contribution in [2.45, 2.75) is 13.8 Å². The molecule has 0 aliphatic rings. The summed E-state index contributed by atoms with van der Waals surface area (Å²) in [6, 6.07) is 0. The van der Waals surface area contributed by atoms with Crippen LogP contribution in [-0.2, 0) is 14.3 Å². The summed E-state index contributed by atoms with van der Waals surface area (Å²) < 4.78 is 4.52. The molecule has 72 valence electrons. The number of esters is 1. The molecule has 0 aliphatic heterocycles.